The molecule has 0 amide bonds. The van der Waals surface area contributed by atoms with E-state index in [4.69, 9.17) is 0 Å². The van der Waals surface area contributed by atoms with Crippen molar-refractivity contribution in [3.8, 4) is 0 Å². The molecule has 0 saturated carbocycles. The molecule has 0 aliphatic rings. The second kappa shape index (κ2) is 6.39. The molecule has 0 radical (unpaired) electrons. The zero-order valence-corrected chi connectivity index (χ0v) is 10.1. The highest BCUT2D eigenvalue weighted by Gasteiger charge is 2.06. The fourth-order valence-corrected chi connectivity index (χ4v) is 1.46. The molecule has 0 N–H and O–H groups in total. The van der Waals surface area contributed by atoms with Gasteiger partial charge in [-0.3, -0.25) is 20.0 Å². The van der Waals surface area contributed by atoms with Gasteiger partial charge in [-0.2, -0.15) is 0 Å². The molecular formula is C14H14N4. The van der Waals surface area contributed by atoms with Crippen molar-refractivity contribution in [1.29, 1.82) is 0 Å². The molecule has 0 spiro atoms. The monoisotopic (exact) mass is 238 g/mol. The highest BCUT2D eigenvalue weighted by molar-refractivity contribution is 5.77. The number of aromatic nitrogens is 2. The van der Waals surface area contributed by atoms with Crippen LogP contribution >= 0.6 is 0 Å². The van der Waals surface area contributed by atoms with Gasteiger partial charge in [0.2, 0.25) is 0 Å². The van der Waals surface area contributed by atoms with Crippen molar-refractivity contribution < 1.29 is 0 Å². The summed E-state index contributed by atoms with van der Waals surface area (Å²) in [5.41, 5.74) is 1.63. The SMILES string of the molecule is CC=NC(N=Cc1ccccn1)c1ccccn1. The van der Waals surface area contributed by atoms with E-state index in [0.717, 1.165) is 11.4 Å². The second-order valence-electron chi connectivity index (χ2n) is 3.57. The van der Waals surface area contributed by atoms with Crippen LogP contribution in [0.5, 0.6) is 0 Å². The van der Waals surface area contributed by atoms with Gasteiger partial charge in [0.15, 0.2) is 6.17 Å². The zero-order valence-electron chi connectivity index (χ0n) is 10.1. The third-order valence-corrected chi connectivity index (χ3v) is 2.28. The van der Waals surface area contributed by atoms with Crippen LogP contribution in [-0.4, -0.2) is 22.4 Å². The first kappa shape index (κ1) is 12.1. The Bertz CT molecular complexity index is 520. The molecule has 2 heterocycles. The average Bonchev–Trinajstić information content (AvgIpc) is 2.45. The lowest BCUT2D eigenvalue weighted by Crippen LogP contribution is -1.97. The fourth-order valence-electron chi connectivity index (χ4n) is 1.46. The van der Waals surface area contributed by atoms with E-state index in [9.17, 15) is 0 Å². The number of pyridine rings is 2. The predicted molar refractivity (Wildman–Crippen MR) is 73.0 cm³/mol. The van der Waals surface area contributed by atoms with Crippen LogP contribution in [0.25, 0.3) is 0 Å². The van der Waals surface area contributed by atoms with Crippen LogP contribution in [0.3, 0.4) is 0 Å². The van der Waals surface area contributed by atoms with Gasteiger partial charge in [-0.15, -0.1) is 0 Å². The van der Waals surface area contributed by atoms with E-state index in [1.807, 2.05) is 43.3 Å². The molecule has 90 valence electrons. The van der Waals surface area contributed by atoms with Gasteiger partial charge in [0.25, 0.3) is 0 Å². The maximum absolute atomic E-state index is 4.41. The first-order valence-corrected chi connectivity index (χ1v) is 5.73. The number of hydrogen-bond donors (Lipinski definition) is 0. The standard InChI is InChI=1S/C14H14N4/c1-2-15-14(13-8-4-6-10-17-13)18-11-12-7-3-5-9-16-12/h2-11,14H,1H3. The smallest absolute Gasteiger partial charge is 0.181 e. The van der Waals surface area contributed by atoms with E-state index >= 15 is 0 Å². The Balaban J connectivity index is 2.20. The third kappa shape index (κ3) is 3.31. The Morgan fingerprint density at radius 3 is 2.39 bits per heavy atom. The molecule has 4 nitrogen and oxygen atoms in total. The summed E-state index contributed by atoms with van der Waals surface area (Å²) in [5.74, 6) is 0. The molecule has 0 aliphatic heterocycles. The van der Waals surface area contributed by atoms with Gasteiger partial charge in [-0.05, 0) is 37.4 Å². The van der Waals surface area contributed by atoms with Crippen LogP contribution in [-0.2, 0) is 0 Å². The predicted octanol–water partition coefficient (Wildman–Crippen LogP) is 2.69. The van der Waals surface area contributed by atoms with Crippen LogP contribution < -0.4 is 0 Å². The van der Waals surface area contributed by atoms with Gasteiger partial charge in [0.1, 0.15) is 0 Å². The minimum absolute atomic E-state index is 0.307. The van der Waals surface area contributed by atoms with Crippen molar-refractivity contribution in [2.45, 2.75) is 13.1 Å². The van der Waals surface area contributed by atoms with Crippen LogP contribution in [0.2, 0.25) is 0 Å². The van der Waals surface area contributed by atoms with Crippen LogP contribution in [0.1, 0.15) is 24.5 Å². The summed E-state index contributed by atoms with van der Waals surface area (Å²) in [6.45, 7) is 1.87. The average molecular weight is 238 g/mol. The summed E-state index contributed by atoms with van der Waals surface area (Å²) in [6.07, 6.45) is 6.61. The summed E-state index contributed by atoms with van der Waals surface area (Å²) in [7, 11) is 0. The van der Waals surface area contributed by atoms with E-state index in [1.54, 1.807) is 24.8 Å². The normalized spacial score (nSPS) is 13.2. The lowest BCUT2D eigenvalue weighted by Gasteiger charge is -2.05. The van der Waals surface area contributed by atoms with Crippen molar-refractivity contribution in [3.63, 3.8) is 0 Å². The van der Waals surface area contributed by atoms with E-state index in [1.165, 1.54) is 0 Å². The molecule has 2 rings (SSSR count). The largest absolute Gasteiger partial charge is 0.265 e. The van der Waals surface area contributed by atoms with Crippen molar-refractivity contribution >= 4 is 12.4 Å². The molecular weight excluding hydrogens is 224 g/mol. The number of nitrogens with zero attached hydrogens (tertiary/aromatic N) is 4. The lowest BCUT2D eigenvalue weighted by molar-refractivity contribution is 0.753. The maximum atomic E-state index is 4.41. The molecule has 0 saturated heterocycles. The van der Waals surface area contributed by atoms with Crippen LogP contribution in [0.4, 0.5) is 0 Å². The van der Waals surface area contributed by atoms with Crippen molar-refractivity contribution in [1.82, 2.24) is 9.97 Å². The molecule has 2 aromatic rings. The quantitative estimate of drug-likeness (QED) is 0.769. The number of hydrogen-bond acceptors (Lipinski definition) is 4. The van der Waals surface area contributed by atoms with Gasteiger partial charge < -0.3 is 0 Å². The summed E-state index contributed by atoms with van der Waals surface area (Å²) in [6, 6.07) is 11.4. The molecule has 0 aliphatic carbocycles. The van der Waals surface area contributed by atoms with Crippen molar-refractivity contribution in [2.24, 2.45) is 9.98 Å². The summed E-state index contributed by atoms with van der Waals surface area (Å²) < 4.78 is 0. The van der Waals surface area contributed by atoms with Gasteiger partial charge in [-0.1, -0.05) is 12.1 Å². The maximum Gasteiger partial charge on any atom is 0.181 e. The molecule has 0 bridgehead atoms. The first-order valence-electron chi connectivity index (χ1n) is 5.73. The van der Waals surface area contributed by atoms with E-state index in [0.29, 0.717) is 0 Å². The molecule has 1 unspecified atom stereocenters. The molecule has 18 heavy (non-hydrogen) atoms. The highest BCUT2D eigenvalue weighted by Crippen LogP contribution is 2.15. The van der Waals surface area contributed by atoms with Gasteiger partial charge >= 0.3 is 0 Å². The van der Waals surface area contributed by atoms with E-state index in [-0.39, 0.29) is 6.17 Å². The van der Waals surface area contributed by atoms with Gasteiger partial charge in [0.05, 0.1) is 17.6 Å². The Labute approximate surface area is 106 Å². The minimum Gasteiger partial charge on any atom is -0.265 e. The molecule has 2 aromatic heterocycles. The topological polar surface area (TPSA) is 50.5 Å². The molecule has 1 atom stereocenters. The third-order valence-electron chi connectivity index (χ3n) is 2.28. The number of aliphatic imine (C=N–C) groups is 2. The van der Waals surface area contributed by atoms with Gasteiger partial charge in [-0.25, -0.2) is 0 Å². The molecule has 0 fully saturated rings. The summed E-state index contributed by atoms with van der Waals surface area (Å²) in [5, 5.41) is 0. The van der Waals surface area contributed by atoms with Gasteiger partial charge in [0, 0.05) is 12.4 Å². The first-order chi connectivity index (χ1) is 8.90. The minimum atomic E-state index is -0.307. The van der Waals surface area contributed by atoms with E-state index < -0.39 is 0 Å². The van der Waals surface area contributed by atoms with Crippen LogP contribution in [0, 0.1) is 0 Å². The van der Waals surface area contributed by atoms with Crippen molar-refractivity contribution in [3.05, 3.63) is 60.2 Å². The fraction of sp³-hybridized carbons (Fsp3) is 0.143. The molecule has 0 aromatic carbocycles. The Hall–Kier alpha value is -2.36. The Kier molecular flexibility index (Phi) is 4.30. The second-order valence-corrected chi connectivity index (χ2v) is 3.57. The highest BCUT2D eigenvalue weighted by atomic mass is 15.0. The van der Waals surface area contributed by atoms with E-state index in [2.05, 4.69) is 20.0 Å². The Morgan fingerprint density at radius 1 is 1.00 bits per heavy atom. The lowest BCUT2D eigenvalue weighted by atomic mass is 10.3. The Morgan fingerprint density at radius 2 is 1.78 bits per heavy atom. The molecule has 4 heteroatoms. The number of rotatable bonds is 4. The van der Waals surface area contributed by atoms with Crippen molar-refractivity contribution in [2.75, 3.05) is 0 Å². The van der Waals surface area contributed by atoms with Crippen LogP contribution in [0.15, 0.2) is 58.8 Å². The zero-order chi connectivity index (χ0) is 12.6. The summed E-state index contributed by atoms with van der Waals surface area (Å²) in [4.78, 5) is 17.1. The summed E-state index contributed by atoms with van der Waals surface area (Å²) >= 11 is 0.